The minimum Gasteiger partial charge on any atom is -0.375 e. The fourth-order valence-electron chi connectivity index (χ4n) is 3.48. The molecule has 0 aromatic heterocycles. The van der Waals surface area contributed by atoms with Crippen molar-refractivity contribution >= 4 is 17.8 Å². The monoisotopic (exact) mass is 364 g/mol. The zero-order valence-electron chi connectivity index (χ0n) is 15.7. The number of rotatable bonds is 10. The lowest BCUT2D eigenvalue weighted by Gasteiger charge is -2.23. The second-order valence-corrected chi connectivity index (χ2v) is 7.16. The van der Waals surface area contributed by atoms with Gasteiger partial charge in [-0.1, -0.05) is 30.3 Å². The molecule has 0 saturated carbocycles. The second-order valence-electron chi connectivity index (χ2n) is 7.16. The van der Waals surface area contributed by atoms with Crippen LogP contribution in [0.5, 0.6) is 0 Å². The van der Waals surface area contributed by atoms with Crippen LogP contribution in [0.25, 0.3) is 0 Å². The van der Waals surface area contributed by atoms with Crippen LogP contribution < -0.4 is 10.6 Å². The summed E-state index contributed by atoms with van der Waals surface area (Å²) >= 11 is 0. The molecule has 0 amide bonds. The summed E-state index contributed by atoms with van der Waals surface area (Å²) in [5.41, 5.74) is 4.26. The summed E-state index contributed by atoms with van der Waals surface area (Å²) < 4.78 is 0. The number of nitrogens with one attached hydrogen (secondary N) is 2. The fraction of sp³-hybridized carbons (Fsp3) is 0.391. The standard InChI is InChI=1S/C23H28N2O2/c26-17-21-11-9-19-16-20(10-12-22(19)25-21)23(27)8-4-5-14-24-15-13-18-6-2-1-3-7-18/h1-3,6-7,10,12,16-17,21,24-25H,4-5,8-9,11,13-15H2. The van der Waals surface area contributed by atoms with Crippen LogP contribution in [0.2, 0.25) is 0 Å². The first-order valence-electron chi connectivity index (χ1n) is 9.89. The Hall–Kier alpha value is -2.46. The highest BCUT2D eigenvalue weighted by molar-refractivity contribution is 5.96. The van der Waals surface area contributed by atoms with Crippen LogP contribution >= 0.6 is 0 Å². The van der Waals surface area contributed by atoms with Gasteiger partial charge in [0.1, 0.15) is 6.29 Å². The molecule has 0 bridgehead atoms. The topological polar surface area (TPSA) is 58.2 Å². The van der Waals surface area contributed by atoms with Crippen LogP contribution in [0, 0.1) is 0 Å². The lowest BCUT2D eigenvalue weighted by Crippen LogP contribution is -2.26. The molecular weight excluding hydrogens is 336 g/mol. The van der Waals surface area contributed by atoms with Gasteiger partial charge < -0.3 is 15.4 Å². The SMILES string of the molecule is O=CC1CCc2cc(C(=O)CCCCNCCc3ccccc3)ccc2N1. The molecule has 2 N–H and O–H groups in total. The van der Waals surface area contributed by atoms with Crippen LogP contribution in [-0.4, -0.2) is 31.2 Å². The van der Waals surface area contributed by atoms with E-state index in [1.165, 1.54) is 5.56 Å². The first kappa shape index (κ1) is 19.3. The van der Waals surface area contributed by atoms with Crippen molar-refractivity contribution in [3.8, 4) is 0 Å². The molecule has 1 aliphatic heterocycles. The van der Waals surface area contributed by atoms with Crippen molar-refractivity contribution < 1.29 is 9.59 Å². The molecular formula is C23H28N2O2. The molecule has 2 aromatic carbocycles. The van der Waals surface area contributed by atoms with Crippen molar-refractivity contribution in [2.45, 2.75) is 44.6 Å². The number of carbonyl (C=O) groups is 2. The predicted molar refractivity (Wildman–Crippen MR) is 109 cm³/mol. The van der Waals surface area contributed by atoms with Gasteiger partial charge in [0, 0.05) is 17.7 Å². The Labute approximate surface area is 161 Å². The minimum atomic E-state index is -0.103. The van der Waals surface area contributed by atoms with Crippen LogP contribution in [0.3, 0.4) is 0 Å². The number of ketones is 1. The normalized spacial score (nSPS) is 15.6. The Bertz CT molecular complexity index is 758. The van der Waals surface area contributed by atoms with Crippen LogP contribution in [0.4, 0.5) is 5.69 Å². The number of hydrogen-bond acceptors (Lipinski definition) is 4. The number of Topliss-reactive ketones (excluding diaryl/α,β-unsaturated/α-hetero) is 1. The molecule has 1 atom stereocenters. The molecule has 2 aromatic rings. The fourth-order valence-corrected chi connectivity index (χ4v) is 3.48. The zero-order chi connectivity index (χ0) is 18.9. The van der Waals surface area contributed by atoms with E-state index >= 15 is 0 Å². The van der Waals surface area contributed by atoms with Crippen molar-refractivity contribution in [1.82, 2.24) is 5.32 Å². The molecule has 27 heavy (non-hydrogen) atoms. The van der Waals surface area contributed by atoms with Crippen molar-refractivity contribution in [1.29, 1.82) is 0 Å². The predicted octanol–water partition coefficient (Wildman–Crippen LogP) is 3.80. The Morgan fingerprint density at radius 1 is 1.11 bits per heavy atom. The van der Waals surface area contributed by atoms with Gasteiger partial charge in [-0.25, -0.2) is 0 Å². The number of benzene rings is 2. The lowest BCUT2D eigenvalue weighted by molar-refractivity contribution is -0.108. The third-order valence-electron chi connectivity index (χ3n) is 5.10. The largest absolute Gasteiger partial charge is 0.375 e. The number of aldehydes is 1. The third kappa shape index (κ3) is 5.76. The van der Waals surface area contributed by atoms with E-state index in [0.29, 0.717) is 6.42 Å². The molecule has 0 spiro atoms. The number of anilines is 1. The molecule has 4 nitrogen and oxygen atoms in total. The number of hydrogen-bond donors (Lipinski definition) is 2. The van der Waals surface area contributed by atoms with Crippen LogP contribution in [0.15, 0.2) is 48.5 Å². The van der Waals surface area contributed by atoms with E-state index in [1.54, 1.807) is 0 Å². The van der Waals surface area contributed by atoms with E-state index in [9.17, 15) is 9.59 Å². The van der Waals surface area contributed by atoms with Gasteiger partial charge >= 0.3 is 0 Å². The Kier molecular flexibility index (Phi) is 7.17. The molecule has 1 heterocycles. The van der Waals surface area contributed by atoms with Gasteiger partial charge in [-0.05, 0) is 74.5 Å². The molecule has 0 radical (unpaired) electrons. The van der Waals surface area contributed by atoms with Gasteiger partial charge in [-0.2, -0.15) is 0 Å². The molecule has 142 valence electrons. The quantitative estimate of drug-likeness (QED) is 0.382. The molecule has 0 saturated heterocycles. The van der Waals surface area contributed by atoms with E-state index in [4.69, 9.17) is 0 Å². The summed E-state index contributed by atoms with van der Waals surface area (Å²) in [7, 11) is 0. The number of unbranched alkanes of at least 4 members (excludes halogenated alkanes) is 1. The maximum absolute atomic E-state index is 12.4. The first-order chi connectivity index (χ1) is 13.3. The molecule has 1 unspecified atom stereocenters. The zero-order valence-corrected chi connectivity index (χ0v) is 15.7. The Morgan fingerprint density at radius 2 is 1.96 bits per heavy atom. The third-order valence-corrected chi connectivity index (χ3v) is 5.10. The lowest BCUT2D eigenvalue weighted by atomic mass is 9.95. The summed E-state index contributed by atoms with van der Waals surface area (Å²) in [6.07, 6.45) is 6.13. The summed E-state index contributed by atoms with van der Waals surface area (Å²) in [6.45, 7) is 1.92. The highest BCUT2D eigenvalue weighted by Gasteiger charge is 2.18. The smallest absolute Gasteiger partial charge is 0.162 e. The highest BCUT2D eigenvalue weighted by Crippen LogP contribution is 2.26. The number of fused-ring (bicyclic) bond motifs is 1. The van der Waals surface area contributed by atoms with Gasteiger partial charge in [-0.3, -0.25) is 4.79 Å². The van der Waals surface area contributed by atoms with Gasteiger partial charge in [-0.15, -0.1) is 0 Å². The minimum absolute atomic E-state index is 0.103. The summed E-state index contributed by atoms with van der Waals surface area (Å²) in [4.78, 5) is 23.3. The molecule has 1 aliphatic rings. The van der Waals surface area contributed by atoms with E-state index in [1.807, 2.05) is 24.3 Å². The molecule has 0 fully saturated rings. The van der Waals surface area contributed by atoms with E-state index in [2.05, 4.69) is 34.9 Å². The average Bonchev–Trinajstić information content (AvgIpc) is 2.72. The second kappa shape index (κ2) is 10.0. The summed E-state index contributed by atoms with van der Waals surface area (Å²) in [5, 5.41) is 6.66. The average molecular weight is 364 g/mol. The molecule has 0 aliphatic carbocycles. The van der Waals surface area contributed by atoms with E-state index in [-0.39, 0.29) is 11.8 Å². The molecule has 3 rings (SSSR count). The van der Waals surface area contributed by atoms with Gasteiger partial charge in [0.2, 0.25) is 0 Å². The maximum atomic E-state index is 12.4. The Balaban J connectivity index is 1.34. The number of carbonyl (C=O) groups excluding carboxylic acids is 2. The van der Waals surface area contributed by atoms with Crippen LogP contribution in [-0.2, 0) is 17.6 Å². The van der Waals surface area contributed by atoms with Crippen molar-refractivity contribution in [3.05, 3.63) is 65.2 Å². The van der Waals surface area contributed by atoms with E-state index in [0.717, 1.165) is 68.3 Å². The maximum Gasteiger partial charge on any atom is 0.162 e. The Morgan fingerprint density at radius 3 is 2.78 bits per heavy atom. The summed E-state index contributed by atoms with van der Waals surface area (Å²) in [6, 6.07) is 16.2. The molecule has 4 heteroatoms. The van der Waals surface area contributed by atoms with Crippen molar-refractivity contribution in [2.24, 2.45) is 0 Å². The van der Waals surface area contributed by atoms with Gasteiger partial charge in [0.15, 0.2) is 5.78 Å². The van der Waals surface area contributed by atoms with Crippen molar-refractivity contribution in [3.63, 3.8) is 0 Å². The summed E-state index contributed by atoms with van der Waals surface area (Å²) in [5.74, 6) is 0.208. The first-order valence-corrected chi connectivity index (χ1v) is 9.89. The van der Waals surface area contributed by atoms with Crippen molar-refractivity contribution in [2.75, 3.05) is 18.4 Å². The van der Waals surface area contributed by atoms with Gasteiger partial charge in [0.25, 0.3) is 0 Å². The van der Waals surface area contributed by atoms with Gasteiger partial charge in [0.05, 0.1) is 6.04 Å². The van der Waals surface area contributed by atoms with E-state index < -0.39 is 0 Å². The number of aryl methyl sites for hydroxylation is 1. The van der Waals surface area contributed by atoms with Crippen LogP contribution in [0.1, 0.15) is 47.2 Å². The highest BCUT2D eigenvalue weighted by atomic mass is 16.1.